The Morgan fingerprint density at radius 2 is 2.18 bits per heavy atom. The van der Waals surface area contributed by atoms with Crippen molar-refractivity contribution in [2.75, 3.05) is 19.6 Å². The van der Waals surface area contributed by atoms with Crippen LogP contribution in [0.4, 0.5) is 13.2 Å². The molecule has 1 aromatic heterocycles. The van der Waals surface area contributed by atoms with Crippen molar-refractivity contribution in [3.05, 3.63) is 21.9 Å². The van der Waals surface area contributed by atoms with E-state index < -0.39 is 24.5 Å². The van der Waals surface area contributed by atoms with Crippen LogP contribution < -0.4 is 0 Å². The van der Waals surface area contributed by atoms with E-state index in [0.717, 1.165) is 16.9 Å². The number of carbonyl (C=O) groups is 2. The largest absolute Gasteiger partial charge is 0.406 e. The fourth-order valence-electron chi connectivity index (χ4n) is 3.00. The summed E-state index contributed by atoms with van der Waals surface area (Å²) in [6.45, 7) is -0.355. The van der Waals surface area contributed by atoms with Gasteiger partial charge in [0.05, 0.1) is 5.92 Å². The maximum absolute atomic E-state index is 12.5. The van der Waals surface area contributed by atoms with E-state index in [-0.39, 0.29) is 18.9 Å². The highest BCUT2D eigenvalue weighted by Crippen LogP contribution is 2.28. The van der Waals surface area contributed by atoms with Gasteiger partial charge in [-0.2, -0.15) is 13.2 Å². The molecule has 2 aliphatic heterocycles. The second-order valence-corrected chi connectivity index (χ2v) is 6.67. The first kappa shape index (κ1) is 15.3. The van der Waals surface area contributed by atoms with E-state index in [0.29, 0.717) is 13.1 Å². The molecule has 22 heavy (non-hydrogen) atoms. The molecule has 1 fully saturated rings. The highest BCUT2D eigenvalue weighted by molar-refractivity contribution is 7.10. The Kier molecular flexibility index (Phi) is 3.88. The van der Waals surface area contributed by atoms with E-state index in [1.807, 2.05) is 11.4 Å². The Labute approximate surface area is 129 Å². The number of amides is 2. The molecule has 0 bridgehead atoms. The number of rotatable bonds is 2. The topological polar surface area (TPSA) is 40.6 Å². The normalized spacial score (nSPS) is 22.1. The van der Waals surface area contributed by atoms with Crippen molar-refractivity contribution in [3.8, 4) is 0 Å². The molecular weight excluding hydrogens is 317 g/mol. The molecule has 0 saturated carbocycles. The average Bonchev–Trinajstić information content (AvgIpc) is 3.03. The third-order valence-electron chi connectivity index (χ3n) is 4.05. The highest BCUT2D eigenvalue weighted by Gasteiger charge is 2.42. The van der Waals surface area contributed by atoms with Crippen molar-refractivity contribution in [3.63, 3.8) is 0 Å². The first-order valence-electron chi connectivity index (χ1n) is 7.02. The Bertz CT molecular complexity index is 599. The first-order valence-corrected chi connectivity index (χ1v) is 7.90. The van der Waals surface area contributed by atoms with Gasteiger partial charge in [-0.25, -0.2) is 0 Å². The second-order valence-electron chi connectivity index (χ2n) is 5.67. The quantitative estimate of drug-likeness (QED) is 0.832. The maximum Gasteiger partial charge on any atom is 0.406 e. The van der Waals surface area contributed by atoms with Crippen LogP contribution in [0.5, 0.6) is 0 Å². The van der Waals surface area contributed by atoms with Crippen molar-refractivity contribution < 1.29 is 22.8 Å². The van der Waals surface area contributed by atoms with Gasteiger partial charge in [-0.1, -0.05) is 0 Å². The predicted molar refractivity (Wildman–Crippen MR) is 74.2 cm³/mol. The zero-order chi connectivity index (χ0) is 15.9. The number of alkyl halides is 3. The van der Waals surface area contributed by atoms with Crippen LogP contribution in [0.3, 0.4) is 0 Å². The number of nitrogens with zero attached hydrogens (tertiary/aromatic N) is 2. The van der Waals surface area contributed by atoms with Crippen LogP contribution in [0.1, 0.15) is 16.9 Å². The van der Waals surface area contributed by atoms with Gasteiger partial charge in [0.1, 0.15) is 6.54 Å². The van der Waals surface area contributed by atoms with Gasteiger partial charge in [0, 0.05) is 30.9 Å². The van der Waals surface area contributed by atoms with Crippen molar-refractivity contribution >= 4 is 23.2 Å². The summed E-state index contributed by atoms with van der Waals surface area (Å²) in [5.74, 6) is -1.46. The first-order chi connectivity index (χ1) is 10.3. The van der Waals surface area contributed by atoms with E-state index in [2.05, 4.69) is 0 Å². The van der Waals surface area contributed by atoms with Crippen LogP contribution in [0.2, 0.25) is 0 Å². The Morgan fingerprint density at radius 3 is 2.91 bits per heavy atom. The highest BCUT2D eigenvalue weighted by atomic mass is 32.1. The van der Waals surface area contributed by atoms with Crippen LogP contribution in [0.25, 0.3) is 0 Å². The van der Waals surface area contributed by atoms with E-state index in [1.165, 1.54) is 4.88 Å². The lowest BCUT2D eigenvalue weighted by atomic mass is 10.0. The molecule has 1 atom stereocenters. The third-order valence-corrected chi connectivity index (χ3v) is 5.08. The average molecular weight is 332 g/mol. The molecule has 1 aromatic rings. The van der Waals surface area contributed by atoms with Gasteiger partial charge in [-0.15, -0.1) is 11.3 Å². The van der Waals surface area contributed by atoms with E-state index in [1.54, 1.807) is 16.2 Å². The SMILES string of the molecule is O=C1C[C@@H](C(=O)N2CCc3sccc3C2)CN1CC(F)(F)F. The Morgan fingerprint density at radius 1 is 1.41 bits per heavy atom. The molecule has 120 valence electrons. The lowest BCUT2D eigenvalue weighted by Crippen LogP contribution is -2.41. The summed E-state index contributed by atoms with van der Waals surface area (Å²) in [6.07, 6.45) is -3.78. The maximum atomic E-state index is 12.5. The molecule has 3 heterocycles. The zero-order valence-corrected chi connectivity index (χ0v) is 12.5. The fourth-order valence-corrected chi connectivity index (χ4v) is 3.89. The molecule has 1 saturated heterocycles. The van der Waals surface area contributed by atoms with Gasteiger partial charge in [0.25, 0.3) is 0 Å². The second kappa shape index (κ2) is 5.57. The fraction of sp³-hybridized carbons (Fsp3) is 0.571. The zero-order valence-electron chi connectivity index (χ0n) is 11.7. The molecule has 0 N–H and O–H groups in total. The molecular formula is C14H15F3N2O2S. The molecule has 0 aliphatic carbocycles. The standard InChI is InChI=1S/C14H15F3N2O2S/c15-14(16,17)8-19-7-10(5-12(19)20)13(21)18-3-1-11-9(6-18)2-4-22-11/h2,4,10H,1,3,5-8H2/t10-/m1/s1. The summed E-state index contributed by atoms with van der Waals surface area (Å²) in [5, 5.41) is 1.98. The van der Waals surface area contributed by atoms with Gasteiger partial charge in [-0.3, -0.25) is 9.59 Å². The number of hydrogen-bond donors (Lipinski definition) is 0. The Hall–Kier alpha value is -1.57. The van der Waals surface area contributed by atoms with Crippen molar-refractivity contribution in [2.24, 2.45) is 5.92 Å². The molecule has 2 amide bonds. The van der Waals surface area contributed by atoms with Crippen LogP contribution in [0.15, 0.2) is 11.4 Å². The smallest absolute Gasteiger partial charge is 0.338 e. The summed E-state index contributed by atoms with van der Waals surface area (Å²) < 4.78 is 37.2. The molecule has 0 unspecified atom stereocenters. The Balaban J connectivity index is 1.63. The molecule has 0 spiro atoms. The number of likely N-dealkylation sites (tertiary alicyclic amines) is 1. The monoisotopic (exact) mass is 332 g/mol. The molecule has 4 nitrogen and oxygen atoms in total. The minimum absolute atomic E-state index is 0.123. The summed E-state index contributed by atoms with van der Waals surface area (Å²) in [6, 6.07) is 1.97. The van der Waals surface area contributed by atoms with Crippen molar-refractivity contribution in [2.45, 2.75) is 25.6 Å². The van der Waals surface area contributed by atoms with Crippen LogP contribution in [-0.2, 0) is 22.6 Å². The van der Waals surface area contributed by atoms with E-state index >= 15 is 0 Å². The van der Waals surface area contributed by atoms with Gasteiger partial charge in [0.2, 0.25) is 11.8 Å². The lowest BCUT2D eigenvalue weighted by Gasteiger charge is -2.29. The number of fused-ring (bicyclic) bond motifs is 1. The van der Waals surface area contributed by atoms with Crippen LogP contribution in [-0.4, -0.2) is 47.4 Å². The summed E-state index contributed by atoms with van der Waals surface area (Å²) in [5.41, 5.74) is 1.10. The predicted octanol–water partition coefficient (Wildman–Crippen LogP) is 2.04. The lowest BCUT2D eigenvalue weighted by molar-refractivity contribution is -0.157. The molecule has 2 aliphatic rings. The van der Waals surface area contributed by atoms with Crippen LogP contribution >= 0.6 is 11.3 Å². The van der Waals surface area contributed by atoms with Crippen LogP contribution in [0, 0.1) is 5.92 Å². The van der Waals surface area contributed by atoms with Crippen molar-refractivity contribution in [1.82, 2.24) is 9.80 Å². The van der Waals surface area contributed by atoms with Gasteiger partial charge < -0.3 is 9.80 Å². The minimum Gasteiger partial charge on any atom is -0.338 e. The van der Waals surface area contributed by atoms with Crippen molar-refractivity contribution in [1.29, 1.82) is 0 Å². The van der Waals surface area contributed by atoms with E-state index in [4.69, 9.17) is 0 Å². The number of carbonyl (C=O) groups excluding carboxylic acids is 2. The van der Waals surface area contributed by atoms with Gasteiger partial charge in [-0.05, 0) is 23.4 Å². The molecule has 8 heteroatoms. The molecule has 3 rings (SSSR count). The number of halogens is 3. The molecule has 0 radical (unpaired) electrons. The number of thiophene rings is 1. The van der Waals surface area contributed by atoms with Gasteiger partial charge in [0.15, 0.2) is 0 Å². The molecule has 0 aromatic carbocycles. The third kappa shape index (κ3) is 3.11. The summed E-state index contributed by atoms with van der Waals surface area (Å²) >= 11 is 1.65. The van der Waals surface area contributed by atoms with Gasteiger partial charge >= 0.3 is 6.18 Å². The van der Waals surface area contributed by atoms with E-state index in [9.17, 15) is 22.8 Å². The summed E-state index contributed by atoms with van der Waals surface area (Å²) in [7, 11) is 0. The summed E-state index contributed by atoms with van der Waals surface area (Å²) in [4.78, 5) is 27.8. The minimum atomic E-state index is -4.43. The number of hydrogen-bond acceptors (Lipinski definition) is 3.